The molecule has 23 heavy (non-hydrogen) atoms. The molecule has 5 heteroatoms. The topological polar surface area (TPSA) is 43.0 Å². The third-order valence-corrected chi connectivity index (χ3v) is 4.99. The second-order valence-electron chi connectivity index (χ2n) is 6.51. The molecular weight excluding hydrogens is 292 g/mol. The molecule has 0 aliphatic carbocycles. The van der Waals surface area contributed by atoms with Gasteiger partial charge in [0.1, 0.15) is 0 Å². The number of hydrogen-bond acceptors (Lipinski definition) is 5. The minimum Gasteiger partial charge on any atom is -0.493 e. The fraction of sp³-hybridized carbons (Fsp3) is 0.667. The van der Waals surface area contributed by atoms with Gasteiger partial charge in [-0.15, -0.1) is 0 Å². The smallest absolute Gasteiger partial charge is 0.161 e. The van der Waals surface area contributed by atoms with Crippen LogP contribution in [0.3, 0.4) is 0 Å². The van der Waals surface area contributed by atoms with E-state index in [2.05, 4.69) is 23.2 Å². The lowest BCUT2D eigenvalue weighted by Crippen LogP contribution is -2.49. The number of benzene rings is 1. The van der Waals surface area contributed by atoms with Crippen LogP contribution in [0.5, 0.6) is 11.5 Å². The van der Waals surface area contributed by atoms with Crippen LogP contribution in [-0.2, 0) is 11.3 Å². The van der Waals surface area contributed by atoms with Crippen LogP contribution < -0.4 is 14.8 Å². The molecule has 128 valence electrons. The third-order valence-electron chi connectivity index (χ3n) is 4.99. The summed E-state index contributed by atoms with van der Waals surface area (Å²) in [6.45, 7) is 6.99. The van der Waals surface area contributed by atoms with Crippen molar-refractivity contribution in [1.29, 1.82) is 0 Å². The van der Waals surface area contributed by atoms with Gasteiger partial charge in [0.05, 0.1) is 26.9 Å². The highest BCUT2D eigenvalue weighted by molar-refractivity contribution is 5.46. The second-order valence-corrected chi connectivity index (χ2v) is 6.51. The molecule has 0 saturated carbocycles. The summed E-state index contributed by atoms with van der Waals surface area (Å²) in [5, 5.41) is 3.53. The Hall–Kier alpha value is -1.30. The van der Waals surface area contributed by atoms with Gasteiger partial charge in [-0.25, -0.2) is 0 Å². The summed E-state index contributed by atoms with van der Waals surface area (Å²) < 4.78 is 16.7. The first kappa shape index (κ1) is 16.6. The largest absolute Gasteiger partial charge is 0.493 e. The van der Waals surface area contributed by atoms with Crippen LogP contribution in [0, 0.1) is 6.92 Å². The maximum Gasteiger partial charge on any atom is 0.161 e. The zero-order valence-electron chi connectivity index (χ0n) is 14.4. The molecule has 2 saturated heterocycles. The summed E-state index contributed by atoms with van der Waals surface area (Å²) >= 11 is 0. The molecule has 0 unspecified atom stereocenters. The van der Waals surface area contributed by atoms with Gasteiger partial charge in [0.2, 0.25) is 0 Å². The van der Waals surface area contributed by atoms with Gasteiger partial charge in [0, 0.05) is 25.7 Å². The second kappa shape index (κ2) is 7.51. The van der Waals surface area contributed by atoms with Crippen molar-refractivity contribution >= 4 is 0 Å². The Kier molecular flexibility index (Phi) is 5.41. The molecule has 2 aliphatic heterocycles. The van der Waals surface area contributed by atoms with Crippen molar-refractivity contribution in [1.82, 2.24) is 10.2 Å². The van der Waals surface area contributed by atoms with Crippen molar-refractivity contribution in [2.24, 2.45) is 0 Å². The number of ether oxygens (including phenoxy) is 3. The first-order valence-electron chi connectivity index (χ1n) is 8.49. The number of rotatable bonds is 6. The fourth-order valence-corrected chi connectivity index (χ4v) is 3.59. The first-order valence-corrected chi connectivity index (χ1v) is 8.49. The third kappa shape index (κ3) is 3.79. The van der Waals surface area contributed by atoms with Crippen molar-refractivity contribution in [2.75, 3.05) is 40.5 Å². The van der Waals surface area contributed by atoms with Crippen molar-refractivity contribution in [2.45, 2.75) is 38.5 Å². The predicted octanol–water partition coefficient (Wildman–Crippen LogP) is 1.97. The molecule has 2 fully saturated rings. The van der Waals surface area contributed by atoms with Gasteiger partial charge in [-0.2, -0.15) is 0 Å². The Bertz CT molecular complexity index is 535. The van der Waals surface area contributed by atoms with Crippen molar-refractivity contribution in [3.8, 4) is 11.5 Å². The van der Waals surface area contributed by atoms with Gasteiger partial charge < -0.3 is 19.5 Å². The molecule has 1 N–H and O–H groups in total. The van der Waals surface area contributed by atoms with Gasteiger partial charge in [0.15, 0.2) is 11.5 Å². The van der Waals surface area contributed by atoms with Crippen LogP contribution in [-0.4, -0.2) is 57.5 Å². The zero-order chi connectivity index (χ0) is 16.2. The normalized spacial score (nSPS) is 24.5. The Morgan fingerprint density at radius 2 is 2.04 bits per heavy atom. The monoisotopic (exact) mass is 320 g/mol. The van der Waals surface area contributed by atoms with Gasteiger partial charge in [-0.3, -0.25) is 4.90 Å². The number of aryl methyl sites for hydroxylation is 1. The number of nitrogens with zero attached hydrogens (tertiary/aromatic N) is 1. The molecule has 2 aliphatic rings. The minimum absolute atomic E-state index is 0.296. The Morgan fingerprint density at radius 3 is 2.83 bits per heavy atom. The van der Waals surface area contributed by atoms with Crippen molar-refractivity contribution < 1.29 is 14.2 Å². The molecule has 0 amide bonds. The summed E-state index contributed by atoms with van der Waals surface area (Å²) in [6, 6.07) is 4.75. The molecule has 2 heterocycles. The van der Waals surface area contributed by atoms with E-state index < -0.39 is 0 Å². The zero-order valence-corrected chi connectivity index (χ0v) is 14.4. The predicted molar refractivity (Wildman–Crippen MR) is 90.3 cm³/mol. The summed E-state index contributed by atoms with van der Waals surface area (Å²) in [5.74, 6) is 1.56. The lowest BCUT2D eigenvalue weighted by Gasteiger charge is -2.35. The highest BCUT2D eigenvalue weighted by Crippen LogP contribution is 2.30. The molecule has 3 rings (SSSR count). The number of fused-ring (bicyclic) bond motifs is 1. The van der Waals surface area contributed by atoms with E-state index in [9.17, 15) is 0 Å². The van der Waals surface area contributed by atoms with Crippen LogP contribution in [0.15, 0.2) is 12.1 Å². The van der Waals surface area contributed by atoms with E-state index >= 15 is 0 Å². The van der Waals surface area contributed by atoms with Gasteiger partial charge in [-0.05, 0) is 49.6 Å². The van der Waals surface area contributed by atoms with Crippen LogP contribution in [0.4, 0.5) is 0 Å². The minimum atomic E-state index is 0.296. The quantitative estimate of drug-likeness (QED) is 0.868. The van der Waals surface area contributed by atoms with Crippen LogP contribution >= 0.6 is 0 Å². The molecule has 0 aromatic heterocycles. The van der Waals surface area contributed by atoms with Gasteiger partial charge in [-0.1, -0.05) is 0 Å². The molecule has 1 aromatic carbocycles. The van der Waals surface area contributed by atoms with E-state index in [1.165, 1.54) is 30.5 Å². The first-order chi connectivity index (χ1) is 11.2. The number of methoxy groups -OCH3 is 2. The average Bonchev–Trinajstić information content (AvgIpc) is 3.03. The van der Waals surface area contributed by atoms with Gasteiger partial charge in [0.25, 0.3) is 0 Å². The molecule has 0 spiro atoms. The van der Waals surface area contributed by atoms with Crippen LogP contribution in [0.2, 0.25) is 0 Å². The molecule has 1 aromatic rings. The lowest BCUT2D eigenvalue weighted by atomic mass is 10.1. The van der Waals surface area contributed by atoms with E-state index in [1.54, 1.807) is 14.2 Å². The molecule has 5 nitrogen and oxygen atoms in total. The van der Waals surface area contributed by atoms with E-state index in [0.29, 0.717) is 12.1 Å². The van der Waals surface area contributed by atoms with E-state index in [4.69, 9.17) is 14.2 Å². The fourth-order valence-electron chi connectivity index (χ4n) is 3.59. The van der Waals surface area contributed by atoms with Crippen LogP contribution in [0.25, 0.3) is 0 Å². The Morgan fingerprint density at radius 1 is 1.26 bits per heavy atom. The number of hydrogen-bond donors (Lipinski definition) is 1. The molecule has 2 atom stereocenters. The van der Waals surface area contributed by atoms with Crippen LogP contribution in [0.1, 0.15) is 24.0 Å². The lowest BCUT2D eigenvalue weighted by molar-refractivity contribution is -0.0470. The molecular formula is C18H28N2O3. The van der Waals surface area contributed by atoms with E-state index in [-0.39, 0.29) is 0 Å². The number of nitrogens with one attached hydrogen (secondary N) is 1. The SMILES string of the molecule is COc1cc(C)c(CNC[C@H]2CN3CCC[C@@H]3CO2)cc1OC. The molecule has 0 radical (unpaired) electrons. The summed E-state index contributed by atoms with van der Waals surface area (Å²) in [7, 11) is 3.34. The molecule has 0 bridgehead atoms. The maximum atomic E-state index is 5.99. The maximum absolute atomic E-state index is 5.99. The van der Waals surface area contributed by atoms with Crippen molar-refractivity contribution in [3.63, 3.8) is 0 Å². The summed E-state index contributed by atoms with van der Waals surface area (Å²) in [4.78, 5) is 2.58. The van der Waals surface area contributed by atoms with Crippen molar-refractivity contribution in [3.05, 3.63) is 23.3 Å². The highest BCUT2D eigenvalue weighted by atomic mass is 16.5. The highest BCUT2D eigenvalue weighted by Gasteiger charge is 2.31. The Labute approximate surface area is 138 Å². The summed E-state index contributed by atoms with van der Waals surface area (Å²) in [5.41, 5.74) is 2.44. The Balaban J connectivity index is 1.52. The van der Waals surface area contributed by atoms with E-state index in [1.807, 2.05) is 6.07 Å². The average molecular weight is 320 g/mol. The van der Waals surface area contributed by atoms with Gasteiger partial charge >= 0.3 is 0 Å². The number of morpholine rings is 1. The summed E-state index contributed by atoms with van der Waals surface area (Å²) in [6.07, 6.45) is 2.91. The standard InChI is InChI=1S/C18H28N2O3/c1-13-7-17(21-2)18(22-3)8-14(13)9-19-10-16-11-20-6-4-5-15(20)12-23-16/h7-8,15-16,19H,4-6,9-12H2,1-3H3/t15-,16+/m1/s1. The van der Waals surface area contributed by atoms with E-state index in [0.717, 1.165) is 37.7 Å².